The summed E-state index contributed by atoms with van der Waals surface area (Å²) in [5, 5.41) is 7.61. The Balaban J connectivity index is 2.93. The Bertz CT molecular complexity index is 355. The quantitative estimate of drug-likeness (QED) is 0.632. The molecule has 0 spiro atoms. The fourth-order valence-electron chi connectivity index (χ4n) is 0.724. The summed E-state index contributed by atoms with van der Waals surface area (Å²) in [6.45, 7) is 0. The van der Waals surface area contributed by atoms with Gasteiger partial charge >= 0.3 is 0 Å². The number of halogens is 1. The van der Waals surface area contributed by atoms with Crippen LogP contribution in [-0.4, -0.2) is 19.6 Å². The predicted molar refractivity (Wildman–Crippen MR) is 38.5 cm³/mol. The van der Waals surface area contributed by atoms with Crippen molar-refractivity contribution in [1.29, 1.82) is 0 Å². The van der Waals surface area contributed by atoms with Crippen molar-refractivity contribution in [1.82, 2.24) is 19.6 Å². The second-order valence-corrected chi connectivity index (χ2v) is 2.48. The zero-order chi connectivity index (χ0) is 6.97. The van der Waals surface area contributed by atoms with Gasteiger partial charge in [0, 0.05) is 12.4 Å². The maximum Gasteiger partial charge on any atom is 0.204 e. The Morgan fingerprint density at radius 3 is 3.10 bits per heavy atom. The van der Waals surface area contributed by atoms with Crippen LogP contribution in [0.1, 0.15) is 0 Å². The fourth-order valence-corrected chi connectivity index (χ4v) is 1.10. The van der Waals surface area contributed by atoms with Crippen LogP contribution in [0.3, 0.4) is 0 Å². The molecule has 4 nitrogen and oxygen atoms in total. The van der Waals surface area contributed by atoms with E-state index >= 15 is 0 Å². The lowest BCUT2D eigenvalue weighted by Crippen LogP contribution is -1.83. The van der Waals surface area contributed by atoms with Crippen LogP contribution in [-0.2, 0) is 0 Å². The molecule has 5 heteroatoms. The van der Waals surface area contributed by atoms with Crippen LogP contribution in [0.4, 0.5) is 0 Å². The molecule has 0 bridgehead atoms. The minimum Gasteiger partial charge on any atom is -0.274 e. The lowest BCUT2D eigenvalue weighted by Gasteiger charge is -1.87. The van der Waals surface area contributed by atoms with Gasteiger partial charge in [0.05, 0.1) is 6.20 Å². The summed E-state index contributed by atoms with van der Waals surface area (Å²) in [5.41, 5.74) is 0.745. The molecule has 0 saturated heterocycles. The SMILES string of the molecule is Brc1nnc2cnccn12. The Morgan fingerprint density at radius 1 is 1.40 bits per heavy atom. The molecule has 0 radical (unpaired) electrons. The summed E-state index contributed by atoms with van der Waals surface area (Å²) in [4.78, 5) is 3.88. The van der Waals surface area contributed by atoms with Crippen molar-refractivity contribution in [3.63, 3.8) is 0 Å². The average Bonchev–Trinajstić information content (AvgIpc) is 2.34. The summed E-state index contributed by atoms with van der Waals surface area (Å²) in [6.07, 6.45) is 5.12. The Morgan fingerprint density at radius 2 is 2.30 bits per heavy atom. The highest BCUT2D eigenvalue weighted by Crippen LogP contribution is 2.06. The van der Waals surface area contributed by atoms with Gasteiger partial charge in [0.15, 0.2) is 5.65 Å². The van der Waals surface area contributed by atoms with Gasteiger partial charge in [-0.2, -0.15) is 0 Å². The highest BCUT2D eigenvalue weighted by molar-refractivity contribution is 9.10. The van der Waals surface area contributed by atoms with Crippen molar-refractivity contribution < 1.29 is 0 Å². The predicted octanol–water partition coefficient (Wildman–Crippen LogP) is 0.887. The molecule has 0 atom stereocenters. The normalized spacial score (nSPS) is 10.5. The largest absolute Gasteiger partial charge is 0.274 e. The van der Waals surface area contributed by atoms with Gasteiger partial charge in [-0.25, -0.2) is 0 Å². The van der Waals surface area contributed by atoms with Crippen LogP contribution >= 0.6 is 15.9 Å². The molecule has 10 heavy (non-hydrogen) atoms. The Kier molecular flexibility index (Phi) is 1.17. The summed E-state index contributed by atoms with van der Waals surface area (Å²) in [6, 6.07) is 0. The van der Waals surface area contributed by atoms with E-state index in [2.05, 4.69) is 31.1 Å². The van der Waals surface area contributed by atoms with Crippen molar-refractivity contribution in [2.45, 2.75) is 0 Å². The first kappa shape index (κ1) is 5.79. The molecule has 0 amide bonds. The first-order valence-corrected chi connectivity index (χ1v) is 3.47. The van der Waals surface area contributed by atoms with E-state index in [0.717, 1.165) is 5.65 Å². The van der Waals surface area contributed by atoms with Crippen molar-refractivity contribution in [3.05, 3.63) is 23.3 Å². The maximum absolute atomic E-state index is 3.88. The van der Waals surface area contributed by atoms with Crippen molar-refractivity contribution >= 4 is 21.6 Å². The van der Waals surface area contributed by atoms with Gasteiger partial charge in [-0.1, -0.05) is 0 Å². The van der Waals surface area contributed by atoms with Crippen molar-refractivity contribution in [2.24, 2.45) is 0 Å². The van der Waals surface area contributed by atoms with E-state index in [9.17, 15) is 0 Å². The third-order valence-corrected chi connectivity index (χ3v) is 1.71. The minimum atomic E-state index is 0.699. The maximum atomic E-state index is 3.88. The second-order valence-electron chi connectivity index (χ2n) is 1.77. The van der Waals surface area contributed by atoms with E-state index < -0.39 is 0 Å². The third kappa shape index (κ3) is 0.706. The van der Waals surface area contributed by atoms with E-state index in [4.69, 9.17) is 0 Å². The van der Waals surface area contributed by atoms with E-state index in [1.165, 1.54) is 0 Å². The lowest BCUT2D eigenvalue weighted by molar-refractivity contribution is 1.05. The van der Waals surface area contributed by atoms with E-state index in [1.54, 1.807) is 23.0 Å². The standard InChI is InChI=1S/C5H3BrN4/c6-5-9-8-4-3-7-1-2-10(4)5/h1-3H. The zero-order valence-corrected chi connectivity index (χ0v) is 6.48. The molecular formula is C5H3BrN4. The van der Waals surface area contributed by atoms with Crippen LogP contribution in [0, 0.1) is 0 Å². The van der Waals surface area contributed by atoms with Crippen LogP contribution < -0.4 is 0 Å². The molecular weight excluding hydrogens is 196 g/mol. The monoisotopic (exact) mass is 198 g/mol. The van der Waals surface area contributed by atoms with Gasteiger partial charge in [0.1, 0.15) is 0 Å². The third-order valence-electron chi connectivity index (χ3n) is 1.17. The molecule has 50 valence electrons. The smallest absolute Gasteiger partial charge is 0.204 e. The second kappa shape index (κ2) is 2.02. The van der Waals surface area contributed by atoms with Crippen LogP contribution in [0.2, 0.25) is 0 Å². The highest BCUT2D eigenvalue weighted by atomic mass is 79.9. The molecule has 2 aromatic rings. The average molecular weight is 199 g/mol. The molecule has 0 aliphatic carbocycles. The first-order valence-electron chi connectivity index (χ1n) is 2.68. The number of rotatable bonds is 0. The van der Waals surface area contributed by atoms with Crippen LogP contribution in [0.15, 0.2) is 23.3 Å². The molecule has 2 aromatic heterocycles. The molecule has 0 aliphatic heterocycles. The van der Waals surface area contributed by atoms with Crippen molar-refractivity contribution in [3.8, 4) is 0 Å². The molecule has 0 saturated carbocycles. The number of hydrogen-bond acceptors (Lipinski definition) is 3. The summed E-state index contributed by atoms with van der Waals surface area (Å²) < 4.78 is 2.50. The molecule has 0 unspecified atom stereocenters. The van der Waals surface area contributed by atoms with Gasteiger partial charge in [0.25, 0.3) is 0 Å². The molecule has 2 heterocycles. The molecule has 2 rings (SSSR count). The minimum absolute atomic E-state index is 0.699. The van der Waals surface area contributed by atoms with Gasteiger partial charge in [0.2, 0.25) is 4.73 Å². The van der Waals surface area contributed by atoms with E-state index in [-0.39, 0.29) is 0 Å². The fraction of sp³-hybridized carbons (Fsp3) is 0. The van der Waals surface area contributed by atoms with Gasteiger partial charge in [-0.3, -0.25) is 9.38 Å². The summed E-state index contributed by atoms with van der Waals surface area (Å²) in [5.74, 6) is 0. The summed E-state index contributed by atoms with van der Waals surface area (Å²) >= 11 is 3.23. The number of fused-ring (bicyclic) bond motifs is 1. The number of nitrogens with zero attached hydrogens (tertiary/aromatic N) is 4. The van der Waals surface area contributed by atoms with Gasteiger partial charge in [-0.05, 0) is 15.9 Å². The van der Waals surface area contributed by atoms with Crippen LogP contribution in [0.25, 0.3) is 5.65 Å². The first-order chi connectivity index (χ1) is 4.88. The number of aromatic nitrogens is 4. The highest BCUT2D eigenvalue weighted by Gasteiger charge is 1.97. The molecule has 0 aliphatic rings. The van der Waals surface area contributed by atoms with Crippen LogP contribution in [0.5, 0.6) is 0 Å². The molecule has 0 N–H and O–H groups in total. The topological polar surface area (TPSA) is 43.1 Å². The molecule has 0 fully saturated rings. The molecule has 0 aromatic carbocycles. The van der Waals surface area contributed by atoms with E-state index in [0.29, 0.717) is 4.73 Å². The van der Waals surface area contributed by atoms with Crippen molar-refractivity contribution in [2.75, 3.05) is 0 Å². The lowest BCUT2D eigenvalue weighted by atomic mass is 10.7. The number of hydrogen-bond donors (Lipinski definition) is 0. The van der Waals surface area contributed by atoms with Gasteiger partial charge in [-0.15, -0.1) is 10.2 Å². The summed E-state index contributed by atoms with van der Waals surface area (Å²) in [7, 11) is 0. The van der Waals surface area contributed by atoms with Gasteiger partial charge < -0.3 is 0 Å². The Labute approximate surface area is 65.0 Å². The Hall–Kier alpha value is -0.970. The van der Waals surface area contributed by atoms with E-state index in [1.807, 2.05) is 0 Å². The zero-order valence-electron chi connectivity index (χ0n) is 4.90.